The highest BCUT2D eigenvalue weighted by Gasteiger charge is 2.11. The number of benzene rings is 5. The fraction of sp³-hybridized carbons (Fsp3) is 0.0312. The highest BCUT2D eigenvalue weighted by atomic mass is 16.5. The maximum Gasteiger partial charge on any atom is 0.150 e. The third-order valence-electron chi connectivity index (χ3n) is 6.46. The third kappa shape index (κ3) is 3.87. The summed E-state index contributed by atoms with van der Waals surface area (Å²) in [5, 5.41) is 4.66. The summed E-state index contributed by atoms with van der Waals surface area (Å²) < 4.78 is 8.09. The molecule has 0 saturated heterocycles. The van der Waals surface area contributed by atoms with Crippen LogP contribution in [0.4, 0.5) is 0 Å². The number of nitrogens with zero attached hydrogens (tertiary/aromatic N) is 1. The third-order valence-corrected chi connectivity index (χ3v) is 6.46. The van der Waals surface area contributed by atoms with Gasteiger partial charge in [-0.25, -0.2) is 0 Å². The number of carbonyl (C=O) groups excluding carboxylic acids is 1. The van der Waals surface area contributed by atoms with Crippen LogP contribution in [-0.2, 0) is 11.3 Å². The quantitative estimate of drug-likeness (QED) is 0.189. The van der Waals surface area contributed by atoms with Crippen molar-refractivity contribution in [2.75, 3.05) is 0 Å². The van der Waals surface area contributed by atoms with E-state index in [1.165, 1.54) is 21.8 Å². The summed E-state index contributed by atoms with van der Waals surface area (Å²) in [5.74, 6) is 0. The Labute approximate surface area is 203 Å². The molecule has 6 aromatic rings. The van der Waals surface area contributed by atoms with Crippen LogP contribution in [0.1, 0.15) is 21.5 Å². The topological polar surface area (TPSA) is 31.2 Å². The van der Waals surface area contributed by atoms with Crippen LogP contribution in [-0.4, -0.2) is 10.9 Å². The smallest absolute Gasteiger partial charge is 0.150 e. The molecule has 5 aromatic carbocycles. The van der Waals surface area contributed by atoms with Gasteiger partial charge in [-0.15, -0.1) is 0 Å². The van der Waals surface area contributed by atoms with E-state index < -0.39 is 0 Å². The van der Waals surface area contributed by atoms with Gasteiger partial charge in [0.15, 0.2) is 0 Å². The Morgan fingerprint density at radius 2 is 1.29 bits per heavy atom. The molecular formula is C32H23NO2. The van der Waals surface area contributed by atoms with E-state index in [4.69, 9.17) is 4.74 Å². The van der Waals surface area contributed by atoms with Gasteiger partial charge in [0, 0.05) is 27.6 Å². The van der Waals surface area contributed by atoms with Gasteiger partial charge in [0.05, 0.1) is 17.3 Å². The molecule has 0 N–H and O–H groups in total. The zero-order valence-electron chi connectivity index (χ0n) is 19.1. The molecule has 35 heavy (non-hydrogen) atoms. The monoisotopic (exact) mass is 453 g/mol. The van der Waals surface area contributed by atoms with Crippen LogP contribution in [0.2, 0.25) is 0 Å². The second-order valence-electron chi connectivity index (χ2n) is 8.59. The molecule has 0 fully saturated rings. The summed E-state index contributed by atoms with van der Waals surface area (Å²) in [6, 6.07) is 37.4. The Kier molecular flexibility index (Phi) is 5.36. The summed E-state index contributed by atoms with van der Waals surface area (Å²) in [4.78, 5) is 11.5. The molecule has 0 radical (unpaired) electrons. The zero-order valence-corrected chi connectivity index (χ0v) is 19.1. The van der Waals surface area contributed by atoms with E-state index in [1.807, 2.05) is 42.5 Å². The van der Waals surface area contributed by atoms with Crippen LogP contribution in [0.15, 0.2) is 115 Å². The van der Waals surface area contributed by atoms with Gasteiger partial charge < -0.3 is 9.30 Å². The first kappa shape index (κ1) is 20.9. The molecule has 1 aromatic heterocycles. The number of ether oxygens (including phenoxy) is 1. The van der Waals surface area contributed by atoms with Gasteiger partial charge in [-0.3, -0.25) is 4.79 Å². The Morgan fingerprint density at radius 3 is 1.94 bits per heavy atom. The molecular weight excluding hydrogens is 430 g/mol. The van der Waals surface area contributed by atoms with Crippen LogP contribution < -0.4 is 0 Å². The summed E-state index contributed by atoms with van der Waals surface area (Å²) in [5.41, 5.74) is 6.09. The van der Waals surface area contributed by atoms with Crippen molar-refractivity contribution in [2.45, 2.75) is 6.61 Å². The lowest BCUT2D eigenvalue weighted by molar-refractivity contribution is 0.112. The van der Waals surface area contributed by atoms with E-state index in [0.29, 0.717) is 12.2 Å². The first-order valence-electron chi connectivity index (χ1n) is 11.7. The highest BCUT2D eigenvalue weighted by Crippen LogP contribution is 2.31. The van der Waals surface area contributed by atoms with Crippen LogP contribution in [0.25, 0.3) is 44.3 Å². The minimum absolute atomic E-state index is 0.342. The van der Waals surface area contributed by atoms with Crippen LogP contribution in [0, 0.1) is 0 Å². The normalized spacial score (nSPS) is 11.5. The van der Waals surface area contributed by atoms with Gasteiger partial charge in [0.25, 0.3) is 0 Å². The second kappa shape index (κ2) is 8.96. The fourth-order valence-corrected chi connectivity index (χ4v) is 4.74. The number of hydrogen-bond acceptors (Lipinski definition) is 2. The number of aldehydes is 1. The maximum absolute atomic E-state index is 11.5. The van der Waals surface area contributed by atoms with Crippen molar-refractivity contribution >= 4 is 44.9 Å². The van der Waals surface area contributed by atoms with Gasteiger partial charge >= 0.3 is 0 Å². The van der Waals surface area contributed by atoms with E-state index in [-0.39, 0.29) is 0 Å². The van der Waals surface area contributed by atoms with Gasteiger partial charge in [-0.1, -0.05) is 72.8 Å². The average Bonchev–Trinajstić information content (AvgIpc) is 3.25. The Bertz CT molecular complexity index is 1650. The van der Waals surface area contributed by atoms with Crippen molar-refractivity contribution in [1.82, 2.24) is 4.57 Å². The van der Waals surface area contributed by atoms with Crippen molar-refractivity contribution in [3.05, 3.63) is 132 Å². The summed E-state index contributed by atoms with van der Waals surface area (Å²) in [7, 11) is 0. The molecule has 0 atom stereocenters. The van der Waals surface area contributed by atoms with Gasteiger partial charge in [-0.2, -0.15) is 0 Å². The standard InChI is InChI=1S/C32H23NO2/c34-21-26-19-24-7-1-2-8-25(24)20-27(26)22-35-18-17-23-13-15-28(16-14-23)33-31-11-5-3-9-29(31)30-10-4-6-12-32(30)33/h1-21H,22H2. The molecule has 0 unspecified atom stereocenters. The SMILES string of the molecule is O=Cc1cc2ccccc2cc1COC=Cc1ccc(-n2c3ccccc3c3ccccc32)cc1. The van der Waals surface area contributed by atoms with Gasteiger partial charge in [-0.05, 0) is 58.8 Å². The van der Waals surface area contributed by atoms with Crippen molar-refractivity contribution in [3.8, 4) is 5.69 Å². The van der Waals surface area contributed by atoms with Crippen LogP contribution in [0.3, 0.4) is 0 Å². The van der Waals surface area contributed by atoms with E-state index >= 15 is 0 Å². The summed E-state index contributed by atoms with van der Waals surface area (Å²) >= 11 is 0. The van der Waals surface area contributed by atoms with E-state index in [1.54, 1.807) is 6.26 Å². The molecule has 0 saturated carbocycles. The molecule has 1 heterocycles. The predicted octanol–water partition coefficient (Wildman–Crippen LogP) is 7.94. The molecule has 0 bridgehead atoms. The van der Waals surface area contributed by atoms with Crippen molar-refractivity contribution in [2.24, 2.45) is 0 Å². The van der Waals surface area contributed by atoms with Crippen molar-refractivity contribution < 1.29 is 9.53 Å². The molecule has 0 amide bonds. The van der Waals surface area contributed by atoms with Gasteiger partial charge in [0.1, 0.15) is 12.9 Å². The minimum Gasteiger partial charge on any atom is -0.496 e. The summed E-state index contributed by atoms with van der Waals surface area (Å²) in [6.45, 7) is 0.342. The maximum atomic E-state index is 11.5. The lowest BCUT2D eigenvalue weighted by Gasteiger charge is -2.08. The molecule has 3 nitrogen and oxygen atoms in total. The van der Waals surface area contributed by atoms with Gasteiger partial charge in [0.2, 0.25) is 0 Å². The number of hydrogen-bond donors (Lipinski definition) is 0. The van der Waals surface area contributed by atoms with E-state index in [0.717, 1.165) is 33.9 Å². The van der Waals surface area contributed by atoms with E-state index in [2.05, 4.69) is 77.4 Å². The largest absolute Gasteiger partial charge is 0.496 e. The highest BCUT2D eigenvalue weighted by molar-refractivity contribution is 6.09. The molecule has 168 valence electrons. The lowest BCUT2D eigenvalue weighted by atomic mass is 10.0. The first-order valence-corrected chi connectivity index (χ1v) is 11.7. The first-order chi connectivity index (χ1) is 17.3. The predicted molar refractivity (Wildman–Crippen MR) is 144 cm³/mol. The van der Waals surface area contributed by atoms with Crippen LogP contribution >= 0.6 is 0 Å². The minimum atomic E-state index is 0.342. The molecule has 0 aliphatic carbocycles. The van der Waals surface area contributed by atoms with E-state index in [9.17, 15) is 4.79 Å². The molecule has 6 rings (SSSR count). The Morgan fingerprint density at radius 1 is 0.686 bits per heavy atom. The number of fused-ring (bicyclic) bond motifs is 4. The number of para-hydroxylation sites is 2. The lowest BCUT2D eigenvalue weighted by Crippen LogP contribution is -1.95. The number of rotatable bonds is 6. The Balaban J connectivity index is 1.22. The average molecular weight is 454 g/mol. The van der Waals surface area contributed by atoms with Crippen molar-refractivity contribution in [3.63, 3.8) is 0 Å². The number of aromatic nitrogens is 1. The molecule has 0 aliphatic heterocycles. The molecule has 0 spiro atoms. The summed E-state index contributed by atoms with van der Waals surface area (Å²) in [6.07, 6.45) is 4.53. The zero-order chi connectivity index (χ0) is 23.6. The Hall–Kier alpha value is -4.63. The fourth-order valence-electron chi connectivity index (χ4n) is 4.74. The van der Waals surface area contributed by atoms with Crippen molar-refractivity contribution in [1.29, 1.82) is 0 Å². The second-order valence-corrected chi connectivity index (χ2v) is 8.59. The molecule has 3 heteroatoms. The van der Waals surface area contributed by atoms with Crippen LogP contribution in [0.5, 0.6) is 0 Å². The number of carbonyl (C=O) groups is 1. The molecule has 0 aliphatic rings.